The highest BCUT2D eigenvalue weighted by Gasteiger charge is 2.19. The summed E-state index contributed by atoms with van der Waals surface area (Å²) in [7, 11) is 0. The number of carbonyl (C=O) groups is 1. The van der Waals surface area contributed by atoms with Crippen molar-refractivity contribution in [3.8, 4) is 0 Å². The van der Waals surface area contributed by atoms with E-state index >= 15 is 0 Å². The van der Waals surface area contributed by atoms with Crippen LogP contribution in [0.25, 0.3) is 0 Å². The number of aromatic nitrogens is 2. The molecule has 0 fully saturated rings. The summed E-state index contributed by atoms with van der Waals surface area (Å²) in [5.41, 5.74) is 5.76. The lowest BCUT2D eigenvalue weighted by atomic mass is 10.1. The summed E-state index contributed by atoms with van der Waals surface area (Å²) in [5.74, 6) is 0.561. The number of halogens is 1. The second-order valence-electron chi connectivity index (χ2n) is 5.03. The minimum atomic E-state index is -0.159. The van der Waals surface area contributed by atoms with Crippen LogP contribution in [-0.4, -0.2) is 28.3 Å². The average Bonchev–Trinajstić information content (AvgIpc) is 2.49. The van der Waals surface area contributed by atoms with E-state index in [1.54, 1.807) is 0 Å². The predicted octanol–water partition coefficient (Wildman–Crippen LogP) is 3.95. The first-order valence-corrected chi connectivity index (χ1v) is 9.02. The Morgan fingerprint density at radius 1 is 1.41 bits per heavy atom. The van der Waals surface area contributed by atoms with Gasteiger partial charge in [0, 0.05) is 5.75 Å². The fraction of sp³-hybridized carbons (Fsp3) is 0.667. The Balaban J connectivity index is 2.38. The Hall–Kier alpha value is -1.01. The summed E-state index contributed by atoms with van der Waals surface area (Å²) < 4.78 is 5.34. The van der Waals surface area contributed by atoms with E-state index in [4.69, 9.17) is 22.1 Å². The fourth-order valence-corrected chi connectivity index (χ4v) is 3.02. The summed E-state index contributed by atoms with van der Waals surface area (Å²) in [4.78, 5) is 20.1. The first kappa shape index (κ1) is 19.0. The molecule has 124 valence electrons. The lowest BCUT2D eigenvalue weighted by Gasteiger charge is -2.14. The Morgan fingerprint density at radius 3 is 2.82 bits per heavy atom. The number of thioether (sulfide) groups is 1. The number of nitrogens with zero attached hydrogens (tertiary/aromatic N) is 2. The van der Waals surface area contributed by atoms with E-state index in [0.717, 1.165) is 19.3 Å². The van der Waals surface area contributed by atoms with Gasteiger partial charge in [0.1, 0.15) is 10.2 Å². The van der Waals surface area contributed by atoms with Gasteiger partial charge in [-0.2, -0.15) is 0 Å². The van der Waals surface area contributed by atoms with Gasteiger partial charge in [-0.1, -0.05) is 44.7 Å². The van der Waals surface area contributed by atoms with E-state index in [9.17, 15) is 4.79 Å². The van der Waals surface area contributed by atoms with Crippen molar-refractivity contribution in [1.29, 1.82) is 0 Å². The summed E-state index contributed by atoms with van der Waals surface area (Å²) in [6.45, 7) is 4.63. The van der Waals surface area contributed by atoms with E-state index in [1.807, 2.05) is 6.92 Å². The molecule has 0 radical (unpaired) electrons. The molecule has 0 bridgehead atoms. The van der Waals surface area contributed by atoms with Crippen LogP contribution in [0.2, 0.25) is 5.15 Å². The van der Waals surface area contributed by atoms with Crippen LogP contribution in [0, 0.1) is 5.92 Å². The molecule has 1 aromatic heterocycles. The SMILES string of the molecule is CCCCCCOC(=O)C(CC)CSc1ncc(Cl)nc1N. The third kappa shape index (κ3) is 6.83. The van der Waals surface area contributed by atoms with Gasteiger partial charge in [0.15, 0.2) is 5.82 Å². The monoisotopic (exact) mass is 345 g/mol. The van der Waals surface area contributed by atoms with E-state index in [1.165, 1.54) is 30.8 Å². The van der Waals surface area contributed by atoms with Gasteiger partial charge < -0.3 is 10.5 Å². The highest BCUT2D eigenvalue weighted by atomic mass is 35.5. The van der Waals surface area contributed by atoms with Gasteiger partial charge in [0.05, 0.1) is 18.7 Å². The Kier molecular flexibility index (Phi) is 9.24. The summed E-state index contributed by atoms with van der Waals surface area (Å²) in [6.07, 6.45) is 6.56. The van der Waals surface area contributed by atoms with Crippen LogP contribution in [0.4, 0.5) is 5.82 Å². The Labute approximate surface area is 141 Å². The predicted molar refractivity (Wildman–Crippen MR) is 91.1 cm³/mol. The molecular formula is C15H24ClN3O2S. The average molecular weight is 346 g/mol. The second-order valence-corrected chi connectivity index (χ2v) is 6.42. The van der Waals surface area contributed by atoms with Crippen LogP contribution in [0.1, 0.15) is 46.0 Å². The molecule has 5 nitrogen and oxygen atoms in total. The zero-order chi connectivity index (χ0) is 16.4. The van der Waals surface area contributed by atoms with Crippen molar-refractivity contribution in [2.75, 3.05) is 18.1 Å². The second kappa shape index (κ2) is 10.7. The van der Waals surface area contributed by atoms with Gasteiger partial charge in [0.2, 0.25) is 0 Å². The molecule has 0 aliphatic carbocycles. The minimum absolute atomic E-state index is 0.146. The zero-order valence-corrected chi connectivity index (χ0v) is 14.8. The Morgan fingerprint density at radius 2 is 2.18 bits per heavy atom. The maximum Gasteiger partial charge on any atom is 0.309 e. The molecule has 0 amide bonds. The quantitative estimate of drug-likeness (QED) is 0.393. The number of hydrogen-bond donors (Lipinski definition) is 1. The number of hydrogen-bond acceptors (Lipinski definition) is 6. The molecular weight excluding hydrogens is 322 g/mol. The first-order chi connectivity index (χ1) is 10.6. The molecule has 1 rings (SSSR count). The van der Waals surface area contributed by atoms with Crippen LogP contribution in [0.3, 0.4) is 0 Å². The van der Waals surface area contributed by atoms with E-state index in [2.05, 4.69) is 16.9 Å². The lowest BCUT2D eigenvalue weighted by molar-refractivity contribution is -0.147. The number of nitrogen functional groups attached to an aromatic ring is 1. The maximum absolute atomic E-state index is 12.0. The number of esters is 1. The van der Waals surface area contributed by atoms with Gasteiger partial charge in [-0.3, -0.25) is 4.79 Å². The van der Waals surface area contributed by atoms with Crippen molar-refractivity contribution in [2.45, 2.75) is 51.0 Å². The van der Waals surface area contributed by atoms with Gasteiger partial charge in [-0.25, -0.2) is 9.97 Å². The van der Waals surface area contributed by atoms with E-state index in [0.29, 0.717) is 23.2 Å². The molecule has 1 atom stereocenters. The molecule has 0 saturated carbocycles. The minimum Gasteiger partial charge on any atom is -0.465 e. The van der Waals surface area contributed by atoms with Gasteiger partial charge >= 0.3 is 5.97 Å². The molecule has 0 spiro atoms. The zero-order valence-electron chi connectivity index (χ0n) is 13.2. The maximum atomic E-state index is 12.0. The van der Waals surface area contributed by atoms with Crippen molar-refractivity contribution < 1.29 is 9.53 Å². The first-order valence-electron chi connectivity index (χ1n) is 7.65. The molecule has 1 aromatic rings. The number of nitrogens with two attached hydrogens (primary N) is 1. The van der Waals surface area contributed by atoms with Crippen LogP contribution in [0.5, 0.6) is 0 Å². The van der Waals surface area contributed by atoms with Crippen LogP contribution in [0.15, 0.2) is 11.2 Å². The molecule has 0 aliphatic rings. The molecule has 1 heterocycles. The third-order valence-corrected chi connectivity index (χ3v) is 4.56. The van der Waals surface area contributed by atoms with Crippen molar-refractivity contribution in [2.24, 2.45) is 5.92 Å². The highest BCUT2D eigenvalue weighted by Crippen LogP contribution is 2.25. The molecule has 2 N–H and O–H groups in total. The van der Waals surface area contributed by atoms with Crippen LogP contribution in [-0.2, 0) is 9.53 Å². The van der Waals surface area contributed by atoms with Crippen molar-refractivity contribution in [1.82, 2.24) is 9.97 Å². The lowest BCUT2D eigenvalue weighted by Crippen LogP contribution is -2.20. The molecule has 1 unspecified atom stereocenters. The summed E-state index contributed by atoms with van der Waals surface area (Å²) >= 11 is 7.12. The molecule has 0 aromatic carbocycles. The highest BCUT2D eigenvalue weighted by molar-refractivity contribution is 7.99. The topological polar surface area (TPSA) is 78.1 Å². The molecule has 22 heavy (non-hydrogen) atoms. The Bertz CT molecular complexity index is 474. The molecule has 7 heteroatoms. The number of carbonyl (C=O) groups excluding carboxylic acids is 1. The third-order valence-electron chi connectivity index (χ3n) is 3.22. The fourth-order valence-electron chi connectivity index (χ4n) is 1.83. The molecule has 0 aliphatic heterocycles. The normalized spacial score (nSPS) is 12.1. The van der Waals surface area contributed by atoms with Gasteiger partial charge in [-0.05, 0) is 12.8 Å². The number of anilines is 1. The standard InChI is InChI=1S/C15H24ClN3O2S/c1-3-5-6-7-8-21-15(20)11(4-2)10-22-14-13(17)19-12(16)9-18-14/h9,11H,3-8,10H2,1-2H3,(H2,17,19). The number of unbranched alkanes of at least 4 members (excludes halogenated alkanes) is 3. The van der Waals surface area contributed by atoms with Crippen molar-refractivity contribution in [3.63, 3.8) is 0 Å². The van der Waals surface area contributed by atoms with Gasteiger partial charge in [0.25, 0.3) is 0 Å². The number of ether oxygens (including phenoxy) is 1. The summed E-state index contributed by atoms with van der Waals surface area (Å²) in [5, 5.41) is 0.860. The van der Waals surface area contributed by atoms with Crippen LogP contribution < -0.4 is 5.73 Å². The smallest absolute Gasteiger partial charge is 0.309 e. The van der Waals surface area contributed by atoms with Crippen LogP contribution >= 0.6 is 23.4 Å². The van der Waals surface area contributed by atoms with Crippen molar-refractivity contribution >= 4 is 35.1 Å². The van der Waals surface area contributed by atoms with E-state index in [-0.39, 0.29) is 17.0 Å². The number of rotatable bonds is 10. The van der Waals surface area contributed by atoms with E-state index < -0.39 is 0 Å². The molecule has 0 saturated heterocycles. The van der Waals surface area contributed by atoms with Crippen molar-refractivity contribution in [3.05, 3.63) is 11.3 Å². The van der Waals surface area contributed by atoms with Gasteiger partial charge in [-0.15, -0.1) is 11.8 Å². The summed E-state index contributed by atoms with van der Waals surface area (Å²) in [6, 6.07) is 0. The largest absolute Gasteiger partial charge is 0.465 e.